The van der Waals surface area contributed by atoms with Crippen molar-refractivity contribution >= 4 is 17.0 Å². The maximum atomic E-state index is 4.50. The molecule has 0 spiro atoms. The standard InChI is InChI=1S/C19H17N5/c1-3-7-15(8-4-1)11-20-18-17-19(22-13-21-18)24(14-23-17)12-16-9-5-2-6-10-16/h1-10,13-14H,11-12H2,(H,20,21,22). The zero-order chi connectivity index (χ0) is 16.2. The van der Waals surface area contributed by atoms with Gasteiger partial charge in [0.05, 0.1) is 12.9 Å². The molecule has 2 aromatic heterocycles. The van der Waals surface area contributed by atoms with E-state index in [1.807, 2.05) is 47.3 Å². The molecule has 0 fully saturated rings. The molecule has 0 saturated heterocycles. The van der Waals surface area contributed by atoms with Crippen LogP contribution in [0.3, 0.4) is 0 Å². The van der Waals surface area contributed by atoms with E-state index >= 15 is 0 Å². The van der Waals surface area contributed by atoms with E-state index in [-0.39, 0.29) is 0 Å². The molecule has 4 aromatic rings. The molecule has 0 unspecified atom stereocenters. The van der Waals surface area contributed by atoms with Crippen LogP contribution in [0.4, 0.5) is 5.82 Å². The van der Waals surface area contributed by atoms with Gasteiger partial charge >= 0.3 is 0 Å². The highest BCUT2D eigenvalue weighted by Gasteiger charge is 2.10. The van der Waals surface area contributed by atoms with E-state index in [1.165, 1.54) is 11.1 Å². The normalized spacial score (nSPS) is 10.8. The van der Waals surface area contributed by atoms with Gasteiger partial charge in [-0.15, -0.1) is 0 Å². The van der Waals surface area contributed by atoms with E-state index < -0.39 is 0 Å². The van der Waals surface area contributed by atoms with Crippen molar-refractivity contribution in [2.24, 2.45) is 0 Å². The molecular weight excluding hydrogens is 298 g/mol. The number of nitrogens with zero attached hydrogens (tertiary/aromatic N) is 4. The number of fused-ring (bicyclic) bond motifs is 1. The summed E-state index contributed by atoms with van der Waals surface area (Å²) in [7, 11) is 0. The van der Waals surface area contributed by atoms with Gasteiger partial charge in [0.25, 0.3) is 0 Å². The topological polar surface area (TPSA) is 55.6 Å². The van der Waals surface area contributed by atoms with Gasteiger partial charge in [-0.05, 0) is 11.1 Å². The maximum Gasteiger partial charge on any atom is 0.165 e. The SMILES string of the molecule is c1ccc(CNc2ncnc3c2ncn3Cc2ccccc2)cc1. The van der Waals surface area contributed by atoms with Crippen LogP contribution in [-0.4, -0.2) is 19.5 Å². The lowest BCUT2D eigenvalue weighted by Crippen LogP contribution is -2.04. The summed E-state index contributed by atoms with van der Waals surface area (Å²) < 4.78 is 2.04. The summed E-state index contributed by atoms with van der Waals surface area (Å²) in [6, 6.07) is 20.5. The lowest BCUT2D eigenvalue weighted by atomic mass is 10.2. The molecule has 2 aromatic carbocycles. The lowest BCUT2D eigenvalue weighted by molar-refractivity contribution is 0.813. The Hall–Kier alpha value is -3.21. The zero-order valence-electron chi connectivity index (χ0n) is 13.1. The summed E-state index contributed by atoms with van der Waals surface area (Å²) >= 11 is 0. The first-order chi connectivity index (χ1) is 11.9. The monoisotopic (exact) mass is 315 g/mol. The van der Waals surface area contributed by atoms with Crippen LogP contribution in [0.1, 0.15) is 11.1 Å². The zero-order valence-corrected chi connectivity index (χ0v) is 13.1. The van der Waals surface area contributed by atoms with Crippen molar-refractivity contribution in [3.63, 3.8) is 0 Å². The Morgan fingerprint density at radius 3 is 2.25 bits per heavy atom. The molecule has 5 heteroatoms. The van der Waals surface area contributed by atoms with Crippen LogP contribution >= 0.6 is 0 Å². The first kappa shape index (κ1) is 14.4. The van der Waals surface area contributed by atoms with Crippen LogP contribution in [0.5, 0.6) is 0 Å². The average Bonchev–Trinajstić information content (AvgIpc) is 3.05. The van der Waals surface area contributed by atoms with Crippen LogP contribution in [0.25, 0.3) is 11.2 Å². The average molecular weight is 315 g/mol. The van der Waals surface area contributed by atoms with Gasteiger partial charge in [-0.25, -0.2) is 15.0 Å². The van der Waals surface area contributed by atoms with Gasteiger partial charge in [0, 0.05) is 6.54 Å². The number of hydrogen-bond donors (Lipinski definition) is 1. The molecule has 0 radical (unpaired) electrons. The summed E-state index contributed by atoms with van der Waals surface area (Å²) in [5, 5.41) is 3.35. The predicted octanol–water partition coefficient (Wildman–Crippen LogP) is 3.49. The Morgan fingerprint density at radius 1 is 0.792 bits per heavy atom. The predicted molar refractivity (Wildman–Crippen MR) is 94.6 cm³/mol. The van der Waals surface area contributed by atoms with Gasteiger partial charge in [0.2, 0.25) is 0 Å². The van der Waals surface area contributed by atoms with E-state index in [2.05, 4.69) is 44.5 Å². The molecule has 2 heterocycles. The summed E-state index contributed by atoms with van der Waals surface area (Å²) in [6.45, 7) is 1.45. The molecule has 0 amide bonds. The first-order valence-electron chi connectivity index (χ1n) is 7.88. The third-order valence-corrected chi connectivity index (χ3v) is 3.90. The third-order valence-electron chi connectivity index (χ3n) is 3.90. The summed E-state index contributed by atoms with van der Waals surface area (Å²) in [5.41, 5.74) is 4.05. The number of benzene rings is 2. The number of nitrogens with one attached hydrogen (secondary N) is 1. The number of imidazole rings is 1. The van der Waals surface area contributed by atoms with E-state index in [0.29, 0.717) is 6.54 Å². The second-order valence-corrected chi connectivity index (χ2v) is 5.59. The van der Waals surface area contributed by atoms with Gasteiger partial charge in [-0.1, -0.05) is 60.7 Å². The van der Waals surface area contributed by atoms with Crippen molar-refractivity contribution < 1.29 is 0 Å². The van der Waals surface area contributed by atoms with Gasteiger partial charge < -0.3 is 9.88 Å². The van der Waals surface area contributed by atoms with E-state index in [9.17, 15) is 0 Å². The molecule has 0 saturated carbocycles. The fourth-order valence-corrected chi connectivity index (χ4v) is 2.69. The summed E-state index contributed by atoms with van der Waals surface area (Å²) in [4.78, 5) is 13.2. The van der Waals surface area contributed by atoms with E-state index in [0.717, 1.165) is 23.5 Å². The smallest absolute Gasteiger partial charge is 0.165 e. The Morgan fingerprint density at radius 2 is 1.50 bits per heavy atom. The second-order valence-electron chi connectivity index (χ2n) is 5.59. The number of aromatic nitrogens is 4. The van der Waals surface area contributed by atoms with Gasteiger partial charge in [0.15, 0.2) is 11.5 Å². The van der Waals surface area contributed by atoms with E-state index in [1.54, 1.807) is 6.33 Å². The Kier molecular flexibility index (Phi) is 3.90. The molecule has 0 bridgehead atoms. The van der Waals surface area contributed by atoms with Crippen molar-refractivity contribution in [1.82, 2.24) is 19.5 Å². The van der Waals surface area contributed by atoms with Crippen LogP contribution in [0, 0.1) is 0 Å². The molecule has 4 rings (SSSR count). The fourth-order valence-electron chi connectivity index (χ4n) is 2.69. The van der Waals surface area contributed by atoms with Crippen LogP contribution < -0.4 is 5.32 Å². The van der Waals surface area contributed by atoms with Gasteiger partial charge in [-0.2, -0.15) is 0 Å². The number of anilines is 1. The van der Waals surface area contributed by atoms with Crippen molar-refractivity contribution in [2.45, 2.75) is 13.1 Å². The minimum absolute atomic E-state index is 0.707. The first-order valence-corrected chi connectivity index (χ1v) is 7.88. The molecule has 5 nitrogen and oxygen atoms in total. The summed E-state index contributed by atoms with van der Waals surface area (Å²) in [6.07, 6.45) is 3.40. The second kappa shape index (κ2) is 6.50. The van der Waals surface area contributed by atoms with Crippen molar-refractivity contribution in [1.29, 1.82) is 0 Å². The highest BCUT2D eigenvalue weighted by Crippen LogP contribution is 2.19. The van der Waals surface area contributed by atoms with Crippen LogP contribution in [0.15, 0.2) is 73.3 Å². The fraction of sp³-hybridized carbons (Fsp3) is 0.105. The highest BCUT2D eigenvalue weighted by atomic mass is 15.1. The molecule has 0 aliphatic rings. The number of rotatable bonds is 5. The Bertz CT molecular complexity index is 932. The quantitative estimate of drug-likeness (QED) is 0.612. The minimum Gasteiger partial charge on any atom is -0.364 e. The van der Waals surface area contributed by atoms with Crippen LogP contribution in [-0.2, 0) is 13.1 Å². The molecule has 0 aliphatic carbocycles. The molecule has 24 heavy (non-hydrogen) atoms. The van der Waals surface area contributed by atoms with Crippen molar-refractivity contribution in [3.05, 3.63) is 84.4 Å². The van der Waals surface area contributed by atoms with E-state index in [4.69, 9.17) is 0 Å². The van der Waals surface area contributed by atoms with Crippen molar-refractivity contribution in [2.75, 3.05) is 5.32 Å². The van der Waals surface area contributed by atoms with Crippen molar-refractivity contribution in [3.8, 4) is 0 Å². The molecule has 118 valence electrons. The third kappa shape index (κ3) is 2.96. The summed E-state index contributed by atoms with van der Waals surface area (Å²) in [5.74, 6) is 0.760. The van der Waals surface area contributed by atoms with Gasteiger partial charge in [0.1, 0.15) is 11.8 Å². The molecular formula is C19H17N5. The van der Waals surface area contributed by atoms with Crippen LogP contribution in [0.2, 0.25) is 0 Å². The molecule has 1 N–H and O–H groups in total. The molecule has 0 aliphatic heterocycles. The largest absolute Gasteiger partial charge is 0.364 e. The highest BCUT2D eigenvalue weighted by molar-refractivity contribution is 5.82. The molecule has 0 atom stereocenters. The number of hydrogen-bond acceptors (Lipinski definition) is 4. The van der Waals surface area contributed by atoms with Gasteiger partial charge in [-0.3, -0.25) is 0 Å². The Balaban J connectivity index is 1.59. The maximum absolute atomic E-state index is 4.50. The lowest BCUT2D eigenvalue weighted by Gasteiger charge is -2.07. The minimum atomic E-state index is 0.707. The Labute approximate surface area is 140 Å².